The van der Waals surface area contributed by atoms with Crippen LogP contribution in [-0.2, 0) is 16.0 Å². The highest BCUT2D eigenvalue weighted by Crippen LogP contribution is 2.12. The first-order valence-corrected chi connectivity index (χ1v) is 6.53. The summed E-state index contributed by atoms with van der Waals surface area (Å²) in [4.78, 5) is 11.6. The summed E-state index contributed by atoms with van der Waals surface area (Å²) in [5.41, 5.74) is 0.975. The van der Waals surface area contributed by atoms with E-state index in [0.717, 1.165) is 5.56 Å². The summed E-state index contributed by atoms with van der Waals surface area (Å²) in [5.74, 6) is -0.0554. The van der Waals surface area contributed by atoms with Crippen LogP contribution in [0.3, 0.4) is 0 Å². The zero-order chi connectivity index (χ0) is 12.8. The molecule has 1 aromatic carbocycles. The minimum absolute atomic E-state index is 0.175. The van der Waals surface area contributed by atoms with Crippen molar-refractivity contribution < 1.29 is 14.6 Å². The Hall–Kier alpha value is -0.820. The second-order valence-electron chi connectivity index (χ2n) is 3.73. The Kier molecular flexibility index (Phi) is 5.70. The highest BCUT2D eigenvalue weighted by molar-refractivity contribution is 14.1. The van der Waals surface area contributed by atoms with E-state index < -0.39 is 0 Å². The minimum Gasteiger partial charge on any atom is -0.508 e. The largest absolute Gasteiger partial charge is 0.508 e. The van der Waals surface area contributed by atoms with Gasteiger partial charge in [-0.2, -0.15) is 0 Å². The number of alkyl halides is 1. The number of esters is 1. The van der Waals surface area contributed by atoms with E-state index in [1.165, 1.54) is 7.11 Å². The van der Waals surface area contributed by atoms with Crippen molar-refractivity contribution in [3.8, 4) is 5.75 Å². The lowest BCUT2D eigenvalue weighted by molar-refractivity contribution is -0.143. The van der Waals surface area contributed by atoms with Crippen molar-refractivity contribution in [3.63, 3.8) is 0 Å². The van der Waals surface area contributed by atoms with E-state index in [-0.39, 0.29) is 21.8 Å². The van der Waals surface area contributed by atoms with E-state index in [1.807, 2.05) is 6.92 Å². The lowest BCUT2D eigenvalue weighted by atomic mass is 10.1. The van der Waals surface area contributed by atoms with Gasteiger partial charge in [-0.1, -0.05) is 34.7 Å². The van der Waals surface area contributed by atoms with E-state index in [9.17, 15) is 9.90 Å². The molecule has 0 saturated carbocycles. The minimum atomic E-state index is -0.364. The molecule has 2 atom stereocenters. The predicted molar refractivity (Wildman–Crippen MR) is 74.2 cm³/mol. The van der Waals surface area contributed by atoms with Crippen LogP contribution in [0, 0.1) is 0 Å². The molecular formula is C12H16INO3. The number of rotatable bonds is 5. The molecule has 0 aliphatic carbocycles. The summed E-state index contributed by atoms with van der Waals surface area (Å²) in [5, 5.41) is 12.3. The molecule has 1 aromatic rings. The van der Waals surface area contributed by atoms with Crippen molar-refractivity contribution in [2.75, 3.05) is 7.11 Å². The third-order valence-electron chi connectivity index (χ3n) is 2.29. The summed E-state index contributed by atoms with van der Waals surface area (Å²) >= 11 is 2.20. The van der Waals surface area contributed by atoms with E-state index in [4.69, 9.17) is 4.74 Å². The second kappa shape index (κ2) is 6.80. The van der Waals surface area contributed by atoms with Gasteiger partial charge in [-0.25, -0.2) is 0 Å². The van der Waals surface area contributed by atoms with Crippen LogP contribution in [-0.4, -0.2) is 28.3 Å². The van der Waals surface area contributed by atoms with Crippen LogP contribution in [0.15, 0.2) is 24.3 Å². The summed E-state index contributed by atoms with van der Waals surface area (Å²) < 4.78 is 4.93. The zero-order valence-electron chi connectivity index (χ0n) is 9.81. The van der Waals surface area contributed by atoms with E-state index in [1.54, 1.807) is 24.3 Å². The van der Waals surface area contributed by atoms with E-state index in [0.29, 0.717) is 6.42 Å². The number of aromatic hydroxyl groups is 1. The fourth-order valence-electron chi connectivity index (χ4n) is 1.50. The maximum atomic E-state index is 11.6. The smallest absolute Gasteiger partial charge is 0.323 e. The molecule has 0 radical (unpaired) electrons. The maximum absolute atomic E-state index is 11.6. The number of phenolic OH excluding ortho intramolecular Hbond substituents is 1. The van der Waals surface area contributed by atoms with Crippen molar-refractivity contribution in [1.82, 2.24) is 5.32 Å². The normalized spacial score (nSPS) is 14.1. The lowest BCUT2D eigenvalue weighted by Crippen LogP contribution is -2.42. The van der Waals surface area contributed by atoms with Gasteiger partial charge in [-0.15, -0.1) is 0 Å². The van der Waals surface area contributed by atoms with Gasteiger partial charge >= 0.3 is 5.97 Å². The Labute approximate surface area is 115 Å². The molecule has 4 nitrogen and oxygen atoms in total. The van der Waals surface area contributed by atoms with Gasteiger partial charge in [0.25, 0.3) is 0 Å². The number of phenols is 1. The fourth-order valence-corrected chi connectivity index (χ4v) is 1.93. The third kappa shape index (κ3) is 4.91. The number of halogens is 1. The topological polar surface area (TPSA) is 58.6 Å². The Morgan fingerprint density at radius 2 is 2.06 bits per heavy atom. The van der Waals surface area contributed by atoms with Crippen LogP contribution < -0.4 is 5.32 Å². The highest BCUT2D eigenvalue weighted by atomic mass is 127. The number of methoxy groups -OCH3 is 1. The van der Waals surface area contributed by atoms with Crippen molar-refractivity contribution >= 4 is 28.6 Å². The molecule has 94 valence electrons. The second-order valence-corrected chi connectivity index (χ2v) is 5.60. The quantitative estimate of drug-likeness (QED) is 0.369. The SMILES string of the molecule is COC(=O)C(Cc1ccc(O)cc1)N[C@@H](C)I. The average molecular weight is 349 g/mol. The summed E-state index contributed by atoms with van der Waals surface area (Å²) in [6, 6.07) is 6.45. The van der Waals surface area contributed by atoms with Gasteiger partial charge in [0.1, 0.15) is 11.8 Å². The lowest BCUT2D eigenvalue weighted by Gasteiger charge is -2.18. The predicted octanol–water partition coefficient (Wildman–Crippen LogP) is 1.85. The Balaban J connectivity index is 2.71. The molecule has 1 unspecified atom stereocenters. The monoisotopic (exact) mass is 349 g/mol. The van der Waals surface area contributed by atoms with Gasteiger partial charge < -0.3 is 9.84 Å². The van der Waals surface area contributed by atoms with Gasteiger partial charge in [-0.05, 0) is 31.0 Å². The number of carbonyl (C=O) groups is 1. The number of ether oxygens (including phenoxy) is 1. The Bertz CT molecular complexity index is 365. The Morgan fingerprint density at radius 1 is 1.47 bits per heavy atom. The van der Waals surface area contributed by atoms with Crippen LogP contribution in [0.2, 0.25) is 0 Å². The number of carbonyl (C=O) groups excluding carboxylic acids is 1. The van der Waals surface area contributed by atoms with Crippen LogP contribution in [0.5, 0.6) is 5.75 Å². The van der Waals surface area contributed by atoms with Crippen LogP contribution in [0.25, 0.3) is 0 Å². The number of nitrogens with one attached hydrogen (secondary N) is 1. The molecule has 0 spiro atoms. The number of hydrogen-bond acceptors (Lipinski definition) is 4. The standard InChI is InChI=1S/C12H16INO3/c1-8(13)14-11(12(16)17-2)7-9-3-5-10(15)6-4-9/h3-6,8,11,14-15H,7H2,1-2H3/t8-,11?/m0/s1. The molecule has 0 aliphatic heterocycles. The molecule has 0 saturated heterocycles. The van der Waals surface area contributed by atoms with Gasteiger partial charge in [0.2, 0.25) is 0 Å². The van der Waals surface area contributed by atoms with Crippen molar-refractivity contribution in [3.05, 3.63) is 29.8 Å². The molecule has 0 heterocycles. The Morgan fingerprint density at radius 3 is 2.53 bits per heavy atom. The van der Waals surface area contributed by atoms with Crippen molar-refractivity contribution in [1.29, 1.82) is 0 Å². The van der Waals surface area contributed by atoms with Crippen LogP contribution in [0.1, 0.15) is 12.5 Å². The first kappa shape index (κ1) is 14.2. The maximum Gasteiger partial charge on any atom is 0.323 e. The third-order valence-corrected chi connectivity index (χ3v) is 2.65. The van der Waals surface area contributed by atoms with Crippen molar-refractivity contribution in [2.24, 2.45) is 0 Å². The van der Waals surface area contributed by atoms with Gasteiger partial charge in [0.15, 0.2) is 0 Å². The summed E-state index contributed by atoms with van der Waals surface area (Å²) in [6.45, 7) is 1.97. The molecule has 0 aromatic heterocycles. The number of hydrogen-bond donors (Lipinski definition) is 2. The van der Waals surface area contributed by atoms with Gasteiger partial charge in [0, 0.05) is 0 Å². The number of benzene rings is 1. The molecule has 17 heavy (non-hydrogen) atoms. The molecule has 0 amide bonds. The van der Waals surface area contributed by atoms with Crippen LogP contribution in [0.4, 0.5) is 0 Å². The summed E-state index contributed by atoms with van der Waals surface area (Å²) in [6.07, 6.45) is 0.542. The van der Waals surface area contributed by atoms with E-state index >= 15 is 0 Å². The van der Waals surface area contributed by atoms with Gasteiger partial charge in [0.05, 0.1) is 11.2 Å². The highest BCUT2D eigenvalue weighted by Gasteiger charge is 2.20. The van der Waals surface area contributed by atoms with Gasteiger partial charge in [-0.3, -0.25) is 10.1 Å². The molecular weight excluding hydrogens is 333 g/mol. The fraction of sp³-hybridized carbons (Fsp3) is 0.417. The molecule has 0 aliphatic rings. The average Bonchev–Trinajstić information content (AvgIpc) is 2.29. The summed E-state index contributed by atoms with van der Waals surface area (Å²) in [7, 11) is 1.38. The molecule has 0 fully saturated rings. The molecule has 0 bridgehead atoms. The molecule has 2 N–H and O–H groups in total. The molecule has 5 heteroatoms. The zero-order valence-corrected chi connectivity index (χ0v) is 12.0. The van der Waals surface area contributed by atoms with Crippen LogP contribution >= 0.6 is 22.6 Å². The van der Waals surface area contributed by atoms with Crippen molar-refractivity contribution in [2.45, 2.75) is 23.4 Å². The molecule has 1 rings (SSSR count). The van der Waals surface area contributed by atoms with E-state index in [2.05, 4.69) is 27.9 Å². The first-order chi connectivity index (χ1) is 8.02. The first-order valence-electron chi connectivity index (χ1n) is 5.28.